The lowest BCUT2D eigenvalue weighted by atomic mass is 10.0. The molecule has 0 aliphatic carbocycles. The van der Waals surface area contributed by atoms with Gasteiger partial charge in [-0.15, -0.1) is 0 Å². The van der Waals surface area contributed by atoms with Crippen LogP contribution in [0, 0.1) is 6.57 Å². The number of hydrogen-bond donors (Lipinski definition) is 1. The number of methoxy groups -OCH3 is 1. The highest BCUT2D eigenvalue weighted by molar-refractivity contribution is 5.75. The van der Waals surface area contributed by atoms with E-state index in [1.54, 1.807) is 13.3 Å². The molecule has 0 bridgehead atoms. The van der Waals surface area contributed by atoms with Crippen molar-refractivity contribution >= 4 is 11.7 Å². The van der Waals surface area contributed by atoms with Crippen molar-refractivity contribution < 1.29 is 9.53 Å². The van der Waals surface area contributed by atoms with Crippen LogP contribution in [0.2, 0.25) is 0 Å². The summed E-state index contributed by atoms with van der Waals surface area (Å²) >= 11 is 0. The number of imidazole rings is 1. The van der Waals surface area contributed by atoms with E-state index in [0.717, 1.165) is 42.8 Å². The van der Waals surface area contributed by atoms with Crippen LogP contribution in [0.1, 0.15) is 38.3 Å². The average molecular weight is 462 g/mol. The van der Waals surface area contributed by atoms with Crippen molar-refractivity contribution in [1.82, 2.24) is 29.5 Å². The summed E-state index contributed by atoms with van der Waals surface area (Å²) in [6, 6.07) is 7.97. The van der Waals surface area contributed by atoms with E-state index in [-0.39, 0.29) is 18.1 Å². The van der Waals surface area contributed by atoms with Gasteiger partial charge in [0.15, 0.2) is 5.65 Å². The molecule has 34 heavy (non-hydrogen) atoms. The Balaban J connectivity index is 1.52. The van der Waals surface area contributed by atoms with Crippen molar-refractivity contribution in [2.75, 3.05) is 33.4 Å². The van der Waals surface area contributed by atoms with Crippen molar-refractivity contribution in [1.29, 1.82) is 0 Å². The molecule has 0 unspecified atom stereocenters. The highest BCUT2D eigenvalue weighted by Crippen LogP contribution is 2.28. The van der Waals surface area contributed by atoms with Gasteiger partial charge in [0.1, 0.15) is 0 Å². The molecule has 3 heterocycles. The van der Waals surface area contributed by atoms with Gasteiger partial charge in [-0.05, 0) is 38.3 Å². The molecule has 1 saturated heterocycles. The van der Waals surface area contributed by atoms with E-state index in [9.17, 15) is 4.79 Å². The maximum Gasteiger partial charge on any atom is 0.318 e. The smallest absolute Gasteiger partial charge is 0.318 e. The third-order valence-electron chi connectivity index (χ3n) is 6.37. The topological polar surface area (TPSA) is 79.4 Å². The van der Waals surface area contributed by atoms with Crippen molar-refractivity contribution in [2.24, 2.45) is 0 Å². The summed E-state index contributed by atoms with van der Waals surface area (Å²) in [6.07, 6.45) is 7.43. The zero-order valence-electron chi connectivity index (χ0n) is 19.9. The molecule has 2 aromatic heterocycles. The van der Waals surface area contributed by atoms with E-state index in [1.165, 1.54) is 0 Å². The number of carbonyl (C=O) groups is 1. The number of carbonyl (C=O) groups excluding carboxylic acids is 1. The van der Waals surface area contributed by atoms with Crippen LogP contribution in [0.4, 0.5) is 4.79 Å². The van der Waals surface area contributed by atoms with E-state index in [2.05, 4.69) is 31.1 Å². The highest BCUT2D eigenvalue weighted by Gasteiger charge is 2.26. The van der Waals surface area contributed by atoms with Crippen LogP contribution in [0.5, 0.6) is 5.88 Å². The second-order valence-electron chi connectivity index (χ2n) is 8.55. The molecule has 4 rings (SSSR count). The van der Waals surface area contributed by atoms with Gasteiger partial charge in [-0.3, -0.25) is 4.85 Å². The molecule has 1 N–H and O–H groups in total. The predicted octanol–water partition coefficient (Wildman–Crippen LogP) is 3.84. The molecular weight excluding hydrogens is 430 g/mol. The van der Waals surface area contributed by atoms with Gasteiger partial charge in [-0.25, -0.2) is 26.2 Å². The van der Waals surface area contributed by atoms with Crippen LogP contribution in [-0.4, -0.2) is 69.7 Å². The number of nitrogens with one attached hydrogen (secondary N) is 1. The molecule has 1 aromatic carbocycles. The Kier molecular flexibility index (Phi) is 7.28. The maximum absolute atomic E-state index is 13.2. The Labute approximate surface area is 200 Å². The third kappa shape index (κ3) is 4.97. The number of fused-ring (bicyclic) bond motifs is 1. The summed E-state index contributed by atoms with van der Waals surface area (Å²) < 4.78 is 7.33. The van der Waals surface area contributed by atoms with Crippen molar-refractivity contribution in [3.05, 3.63) is 59.8 Å². The first-order chi connectivity index (χ1) is 16.5. The van der Waals surface area contributed by atoms with Gasteiger partial charge < -0.3 is 19.4 Å². The number of amides is 2. The minimum absolute atomic E-state index is 0.0640. The second kappa shape index (κ2) is 10.5. The van der Waals surface area contributed by atoms with Crippen LogP contribution in [0.25, 0.3) is 21.7 Å². The molecule has 0 saturated carbocycles. The van der Waals surface area contributed by atoms with Crippen molar-refractivity contribution in [2.45, 2.75) is 38.8 Å². The lowest BCUT2D eigenvalue weighted by molar-refractivity contribution is 0.162. The number of benzene rings is 1. The summed E-state index contributed by atoms with van der Waals surface area (Å²) in [5, 5.41) is 3.19. The first kappa shape index (κ1) is 23.5. The number of nitrogens with zero attached hydrogens (tertiary/aromatic N) is 6. The van der Waals surface area contributed by atoms with E-state index in [0.29, 0.717) is 24.7 Å². The molecule has 1 fully saturated rings. The zero-order chi connectivity index (χ0) is 24.1. The summed E-state index contributed by atoms with van der Waals surface area (Å²) in [4.78, 5) is 29.5. The molecule has 1 aliphatic heterocycles. The van der Waals surface area contributed by atoms with Crippen molar-refractivity contribution in [3.63, 3.8) is 0 Å². The van der Waals surface area contributed by atoms with E-state index in [4.69, 9.17) is 11.3 Å². The Morgan fingerprint density at radius 2 is 2.29 bits per heavy atom. The molecule has 0 spiro atoms. The van der Waals surface area contributed by atoms with Gasteiger partial charge in [-0.2, -0.15) is 0 Å². The molecule has 0 radical (unpaired) electrons. The number of rotatable bonds is 7. The monoisotopic (exact) mass is 461 g/mol. The summed E-state index contributed by atoms with van der Waals surface area (Å²) in [5.74, 6) is 0.468. The first-order valence-corrected chi connectivity index (χ1v) is 11.6. The SMILES string of the molecule is [C-]#[N+]CN1CCC[C@@H](NC(=O)N(CC)[C@H](C)c2cccc(-c3cn4ccnc4c(OC)n3)c2)C1. The molecule has 178 valence electrons. The summed E-state index contributed by atoms with van der Waals surface area (Å²) in [7, 11) is 1.59. The summed E-state index contributed by atoms with van der Waals surface area (Å²) in [6.45, 7) is 13.7. The van der Waals surface area contributed by atoms with Crippen LogP contribution in [0.15, 0.2) is 42.9 Å². The number of urea groups is 1. The minimum atomic E-state index is -0.119. The van der Waals surface area contributed by atoms with Crippen LogP contribution in [-0.2, 0) is 0 Å². The fraction of sp³-hybridized carbons (Fsp3) is 0.440. The molecule has 9 nitrogen and oxygen atoms in total. The normalized spacial score (nSPS) is 17.2. The standard InChI is InChI=1S/C25H31N7O2/c1-5-32(25(33)28-21-10-7-12-30(15-21)17-26-3)18(2)19-8-6-9-20(14-19)22-16-31-13-11-27-23(31)24(29-22)34-4/h6,8-9,11,13-14,16,18,21H,5,7,10,12,15,17H2,1-2,4H3,(H,28,33)/t18-,21-/m1/s1. The van der Waals surface area contributed by atoms with Crippen LogP contribution >= 0.6 is 0 Å². The van der Waals surface area contributed by atoms with Gasteiger partial charge in [0.2, 0.25) is 0 Å². The van der Waals surface area contributed by atoms with Crippen LogP contribution < -0.4 is 10.1 Å². The second-order valence-corrected chi connectivity index (χ2v) is 8.55. The van der Waals surface area contributed by atoms with Gasteiger partial charge in [0.25, 0.3) is 12.5 Å². The number of likely N-dealkylation sites (tertiary alicyclic amines) is 1. The number of hydrogen-bond acceptors (Lipinski definition) is 5. The minimum Gasteiger partial charge on any atom is -0.478 e. The van der Waals surface area contributed by atoms with E-state index < -0.39 is 0 Å². The van der Waals surface area contributed by atoms with E-state index in [1.807, 2.05) is 53.7 Å². The molecule has 3 aromatic rings. The molecule has 2 amide bonds. The zero-order valence-corrected chi connectivity index (χ0v) is 19.9. The predicted molar refractivity (Wildman–Crippen MR) is 130 cm³/mol. The van der Waals surface area contributed by atoms with Gasteiger partial charge in [-0.1, -0.05) is 18.2 Å². The maximum atomic E-state index is 13.2. The van der Waals surface area contributed by atoms with Gasteiger partial charge in [0, 0.05) is 49.8 Å². The Morgan fingerprint density at radius 3 is 3.06 bits per heavy atom. The first-order valence-electron chi connectivity index (χ1n) is 11.6. The molecule has 2 atom stereocenters. The fourth-order valence-electron chi connectivity index (χ4n) is 4.57. The molecule has 1 aliphatic rings. The Bertz CT molecular complexity index is 1190. The van der Waals surface area contributed by atoms with Crippen LogP contribution in [0.3, 0.4) is 0 Å². The Hall–Kier alpha value is -3.64. The van der Waals surface area contributed by atoms with Gasteiger partial charge >= 0.3 is 6.03 Å². The number of piperidine rings is 1. The molecule has 9 heteroatoms. The molecular formula is C25H31N7O2. The third-order valence-corrected chi connectivity index (χ3v) is 6.37. The lowest BCUT2D eigenvalue weighted by Crippen LogP contribution is -2.51. The van der Waals surface area contributed by atoms with Gasteiger partial charge in [0.05, 0.1) is 18.8 Å². The van der Waals surface area contributed by atoms with Crippen molar-refractivity contribution in [3.8, 4) is 17.1 Å². The summed E-state index contributed by atoms with van der Waals surface area (Å²) in [5.41, 5.74) is 3.41. The number of aromatic nitrogens is 3. The number of ether oxygens (including phenoxy) is 1. The fourth-order valence-corrected chi connectivity index (χ4v) is 4.57. The Morgan fingerprint density at radius 1 is 1.44 bits per heavy atom. The average Bonchev–Trinajstić information content (AvgIpc) is 3.33. The lowest BCUT2D eigenvalue weighted by Gasteiger charge is -2.34. The highest BCUT2D eigenvalue weighted by atomic mass is 16.5. The van der Waals surface area contributed by atoms with E-state index >= 15 is 0 Å². The largest absolute Gasteiger partial charge is 0.478 e. The quantitative estimate of drug-likeness (QED) is 0.541.